The Balaban J connectivity index is 1.54. The molecular formula is C33H49N3O4. The summed E-state index contributed by atoms with van der Waals surface area (Å²) in [5.74, 6) is 4.80. The second kappa shape index (κ2) is 19.8. The number of phenolic OH excluding ortho intramolecular Hbond substituents is 1. The van der Waals surface area contributed by atoms with Crippen molar-refractivity contribution in [3.05, 3.63) is 59.7 Å². The van der Waals surface area contributed by atoms with Crippen LogP contribution in [0.1, 0.15) is 126 Å². The molecule has 3 amide bonds. The molecule has 0 aliphatic carbocycles. The number of carbonyl (C=O) groups excluding carboxylic acids is 3. The van der Waals surface area contributed by atoms with Gasteiger partial charge in [0.05, 0.1) is 6.42 Å². The van der Waals surface area contributed by atoms with Crippen molar-refractivity contribution in [1.82, 2.24) is 5.01 Å². The van der Waals surface area contributed by atoms with Crippen LogP contribution in [0.4, 0.5) is 5.69 Å². The molecule has 7 nitrogen and oxygen atoms in total. The molecule has 40 heavy (non-hydrogen) atoms. The number of hydrogen-bond donors (Lipinski definition) is 3. The van der Waals surface area contributed by atoms with Gasteiger partial charge in [0.1, 0.15) is 5.75 Å². The number of anilines is 1. The number of hydrazine groups is 1. The van der Waals surface area contributed by atoms with Crippen LogP contribution >= 0.6 is 0 Å². The van der Waals surface area contributed by atoms with Crippen LogP contribution < -0.4 is 11.2 Å². The van der Waals surface area contributed by atoms with Gasteiger partial charge in [-0.25, -0.2) is 10.9 Å². The Morgan fingerprint density at radius 1 is 0.700 bits per heavy atom. The number of hydrogen-bond acceptors (Lipinski definition) is 5. The van der Waals surface area contributed by atoms with Crippen LogP contribution in [0.3, 0.4) is 0 Å². The number of nitrogens with one attached hydrogen (secondary N) is 1. The third-order valence-corrected chi connectivity index (χ3v) is 7.20. The van der Waals surface area contributed by atoms with Crippen molar-refractivity contribution in [2.75, 3.05) is 5.32 Å². The van der Waals surface area contributed by atoms with Crippen LogP contribution in [0.2, 0.25) is 0 Å². The summed E-state index contributed by atoms with van der Waals surface area (Å²) in [5.41, 5.74) is 1.61. The Kier molecular flexibility index (Phi) is 16.3. The van der Waals surface area contributed by atoms with Gasteiger partial charge in [0.2, 0.25) is 11.8 Å². The molecule has 0 aliphatic rings. The zero-order chi connectivity index (χ0) is 29.0. The molecule has 4 N–H and O–H groups in total. The third-order valence-electron chi connectivity index (χ3n) is 7.20. The van der Waals surface area contributed by atoms with Gasteiger partial charge >= 0.3 is 0 Å². The van der Waals surface area contributed by atoms with E-state index in [1.807, 2.05) is 0 Å². The monoisotopic (exact) mass is 551 g/mol. The van der Waals surface area contributed by atoms with Crippen molar-refractivity contribution in [3.8, 4) is 5.75 Å². The van der Waals surface area contributed by atoms with Crippen molar-refractivity contribution in [1.29, 1.82) is 0 Å². The van der Waals surface area contributed by atoms with Crippen LogP contribution in [0.15, 0.2) is 48.5 Å². The average molecular weight is 552 g/mol. The van der Waals surface area contributed by atoms with E-state index in [9.17, 15) is 19.5 Å². The van der Waals surface area contributed by atoms with Gasteiger partial charge in [-0.2, -0.15) is 0 Å². The number of carbonyl (C=O) groups is 3. The van der Waals surface area contributed by atoms with Crippen molar-refractivity contribution in [3.63, 3.8) is 0 Å². The highest BCUT2D eigenvalue weighted by atomic mass is 16.3. The van der Waals surface area contributed by atoms with Gasteiger partial charge in [-0.1, -0.05) is 109 Å². The molecule has 2 aromatic rings. The molecule has 0 aliphatic heterocycles. The summed E-state index contributed by atoms with van der Waals surface area (Å²) < 4.78 is 0. The maximum atomic E-state index is 12.6. The van der Waals surface area contributed by atoms with Crippen molar-refractivity contribution >= 4 is 23.4 Å². The first-order valence-corrected chi connectivity index (χ1v) is 15.2. The van der Waals surface area contributed by atoms with E-state index in [2.05, 4.69) is 12.2 Å². The summed E-state index contributed by atoms with van der Waals surface area (Å²) in [7, 11) is 0. The average Bonchev–Trinajstić information content (AvgIpc) is 2.95. The third kappa shape index (κ3) is 13.7. The highest BCUT2D eigenvalue weighted by molar-refractivity contribution is 6.04. The smallest absolute Gasteiger partial charge is 0.274 e. The lowest BCUT2D eigenvalue weighted by Crippen LogP contribution is -2.42. The summed E-state index contributed by atoms with van der Waals surface area (Å²) in [6.07, 6.45) is 19.2. The van der Waals surface area contributed by atoms with E-state index in [1.165, 1.54) is 89.2 Å². The van der Waals surface area contributed by atoms with Crippen molar-refractivity contribution in [2.45, 2.75) is 116 Å². The van der Waals surface area contributed by atoms with Crippen molar-refractivity contribution in [2.24, 2.45) is 5.84 Å². The summed E-state index contributed by atoms with van der Waals surface area (Å²) in [6, 6.07) is 12.7. The van der Waals surface area contributed by atoms with Gasteiger partial charge in [0.15, 0.2) is 0 Å². The van der Waals surface area contributed by atoms with E-state index in [4.69, 9.17) is 5.84 Å². The summed E-state index contributed by atoms with van der Waals surface area (Å²) >= 11 is 0. The number of unbranched alkanes of at least 4 members (excludes halogenated alkanes) is 14. The van der Waals surface area contributed by atoms with E-state index in [0.717, 1.165) is 24.8 Å². The normalized spacial score (nSPS) is 10.8. The van der Waals surface area contributed by atoms with Gasteiger partial charge in [0.25, 0.3) is 5.91 Å². The largest absolute Gasteiger partial charge is 0.508 e. The molecule has 220 valence electrons. The lowest BCUT2D eigenvalue weighted by Gasteiger charge is -2.15. The zero-order valence-corrected chi connectivity index (χ0v) is 24.3. The SMILES string of the molecule is CCCCCCCCCCCCCCCCCC(=O)N(N)C(=O)c1ccc(CC(=O)Nc2ccc(O)cc2)cc1. The second-order valence-electron chi connectivity index (χ2n) is 10.7. The summed E-state index contributed by atoms with van der Waals surface area (Å²) in [6.45, 7) is 2.26. The number of benzene rings is 2. The van der Waals surface area contributed by atoms with Gasteiger partial charge < -0.3 is 10.4 Å². The fourth-order valence-corrected chi connectivity index (χ4v) is 4.72. The number of imide groups is 1. The first kappa shape index (κ1) is 33.0. The Morgan fingerprint density at radius 2 is 1.18 bits per heavy atom. The molecule has 0 fully saturated rings. The second-order valence-corrected chi connectivity index (χ2v) is 10.7. The van der Waals surface area contributed by atoms with Crippen LogP contribution in [0, 0.1) is 0 Å². The number of nitrogens with two attached hydrogens (primary N) is 1. The number of amides is 3. The van der Waals surface area contributed by atoms with Crippen LogP contribution in [-0.4, -0.2) is 27.8 Å². The molecule has 7 heteroatoms. The number of rotatable bonds is 20. The molecule has 2 rings (SSSR count). The summed E-state index contributed by atoms with van der Waals surface area (Å²) in [5, 5.41) is 12.8. The molecule has 0 heterocycles. The van der Waals surface area contributed by atoms with Crippen LogP contribution in [-0.2, 0) is 16.0 Å². The fraction of sp³-hybridized carbons (Fsp3) is 0.545. The molecule has 0 saturated carbocycles. The molecule has 0 aromatic heterocycles. The quantitative estimate of drug-likeness (QED) is 0.0514. The predicted octanol–water partition coefficient (Wildman–Crippen LogP) is 7.68. The molecular weight excluding hydrogens is 502 g/mol. The lowest BCUT2D eigenvalue weighted by atomic mass is 10.0. The standard InChI is InChI=1S/C33H49N3O4/c1-2-3-4-5-6-7-8-9-10-11-12-13-14-15-16-17-32(39)36(34)33(40)28-20-18-27(19-21-28)26-31(38)35-29-22-24-30(37)25-23-29/h18-25,37H,2-17,26,34H2,1H3,(H,35,38). The maximum absolute atomic E-state index is 12.6. The van der Waals surface area contributed by atoms with Crippen molar-refractivity contribution < 1.29 is 19.5 Å². The molecule has 2 aromatic carbocycles. The fourth-order valence-electron chi connectivity index (χ4n) is 4.72. The molecule has 0 atom stereocenters. The lowest BCUT2D eigenvalue weighted by molar-refractivity contribution is -0.129. The number of aromatic hydroxyl groups is 1. The number of phenols is 1. The minimum absolute atomic E-state index is 0.125. The van der Waals surface area contributed by atoms with E-state index in [1.54, 1.807) is 36.4 Å². The molecule has 0 bridgehead atoms. The topological polar surface area (TPSA) is 113 Å². The molecule has 0 unspecified atom stereocenters. The Labute approximate surface area is 240 Å². The molecule has 0 saturated heterocycles. The van der Waals surface area contributed by atoms with E-state index in [-0.39, 0.29) is 30.4 Å². The number of nitrogens with zero attached hydrogens (tertiary/aromatic N) is 1. The van der Waals surface area contributed by atoms with E-state index >= 15 is 0 Å². The highest BCUT2D eigenvalue weighted by Crippen LogP contribution is 2.16. The minimum atomic E-state index is -0.550. The van der Waals surface area contributed by atoms with Gasteiger partial charge in [-0.05, 0) is 48.4 Å². The Hall–Kier alpha value is -3.19. The first-order chi connectivity index (χ1) is 19.4. The van der Waals surface area contributed by atoms with Gasteiger partial charge in [-0.3, -0.25) is 14.4 Å². The van der Waals surface area contributed by atoms with Gasteiger partial charge in [-0.15, -0.1) is 0 Å². The Morgan fingerprint density at radius 3 is 1.68 bits per heavy atom. The predicted molar refractivity (Wildman–Crippen MR) is 162 cm³/mol. The van der Waals surface area contributed by atoms with E-state index in [0.29, 0.717) is 16.3 Å². The highest BCUT2D eigenvalue weighted by Gasteiger charge is 2.19. The zero-order valence-electron chi connectivity index (χ0n) is 24.3. The minimum Gasteiger partial charge on any atom is -0.508 e. The summed E-state index contributed by atoms with van der Waals surface area (Å²) in [4.78, 5) is 37.3. The molecule has 0 radical (unpaired) electrons. The van der Waals surface area contributed by atoms with Crippen LogP contribution in [0.25, 0.3) is 0 Å². The van der Waals surface area contributed by atoms with E-state index < -0.39 is 5.91 Å². The van der Waals surface area contributed by atoms with Crippen LogP contribution in [0.5, 0.6) is 5.75 Å². The first-order valence-electron chi connectivity index (χ1n) is 15.2. The maximum Gasteiger partial charge on any atom is 0.274 e. The van der Waals surface area contributed by atoms with Gasteiger partial charge in [0, 0.05) is 17.7 Å². The Bertz CT molecular complexity index is 1010. The molecule has 0 spiro atoms.